The van der Waals surface area contributed by atoms with Crippen LogP contribution in [0.25, 0.3) is 10.9 Å². The maximum Gasteiger partial charge on any atom is 0.330 e. The third kappa shape index (κ3) is 3.20. The SMILES string of the molecule is COC(=O)[C@@H](N=Cc1ccc2ccccc2n1)C(C)C. The smallest absolute Gasteiger partial charge is 0.330 e. The van der Waals surface area contributed by atoms with Gasteiger partial charge in [0, 0.05) is 11.6 Å². The minimum Gasteiger partial charge on any atom is -0.467 e. The van der Waals surface area contributed by atoms with Gasteiger partial charge in [0.1, 0.15) is 6.04 Å². The molecule has 0 bridgehead atoms. The molecule has 1 atom stereocenters. The van der Waals surface area contributed by atoms with E-state index in [1.54, 1.807) is 6.21 Å². The van der Waals surface area contributed by atoms with Crippen LogP contribution in [0, 0.1) is 5.92 Å². The molecule has 0 radical (unpaired) electrons. The number of hydrogen-bond donors (Lipinski definition) is 0. The summed E-state index contributed by atoms with van der Waals surface area (Å²) in [7, 11) is 1.38. The van der Waals surface area contributed by atoms with Crippen molar-refractivity contribution in [1.29, 1.82) is 0 Å². The predicted octanol–water partition coefficient (Wildman–Crippen LogP) is 2.85. The van der Waals surface area contributed by atoms with Crippen LogP contribution in [-0.2, 0) is 9.53 Å². The van der Waals surface area contributed by atoms with Crippen LogP contribution in [0.15, 0.2) is 41.4 Å². The summed E-state index contributed by atoms with van der Waals surface area (Å²) >= 11 is 0. The van der Waals surface area contributed by atoms with E-state index in [2.05, 4.69) is 9.98 Å². The van der Waals surface area contributed by atoms with Crippen molar-refractivity contribution in [2.24, 2.45) is 10.9 Å². The van der Waals surface area contributed by atoms with Gasteiger partial charge in [-0.1, -0.05) is 38.1 Å². The molecule has 0 N–H and O–H groups in total. The zero-order chi connectivity index (χ0) is 14.5. The second-order valence-corrected chi connectivity index (χ2v) is 4.92. The highest BCUT2D eigenvalue weighted by Gasteiger charge is 2.21. The number of aromatic nitrogens is 1. The number of hydrogen-bond acceptors (Lipinski definition) is 4. The average Bonchev–Trinajstić information content (AvgIpc) is 2.46. The highest BCUT2D eigenvalue weighted by molar-refractivity contribution is 5.86. The molecule has 0 amide bonds. The Morgan fingerprint density at radius 3 is 2.70 bits per heavy atom. The maximum absolute atomic E-state index is 11.6. The second-order valence-electron chi connectivity index (χ2n) is 4.92. The number of rotatable bonds is 4. The molecule has 0 aliphatic rings. The van der Waals surface area contributed by atoms with Crippen LogP contribution in [0.1, 0.15) is 19.5 Å². The Morgan fingerprint density at radius 2 is 2.00 bits per heavy atom. The maximum atomic E-state index is 11.6. The molecule has 2 rings (SSSR count). The highest BCUT2D eigenvalue weighted by Crippen LogP contribution is 2.12. The Morgan fingerprint density at radius 1 is 1.25 bits per heavy atom. The van der Waals surface area contributed by atoms with Crippen molar-refractivity contribution in [3.05, 3.63) is 42.1 Å². The summed E-state index contributed by atoms with van der Waals surface area (Å²) in [5.74, 6) is -0.240. The fourth-order valence-corrected chi connectivity index (χ4v) is 1.94. The van der Waals surface area contributed by atoms with Crippen molar-refractivity contribution >= 4 is 23.1 Å². The van der Waals surface area contributed by atoms with E-state index in [0.29, 0.717) is 0 Å². The Bertz CT molecular complexity index is 635. The number of fused-ring (bicyclic) bond motifs is 1. The van der Waals surface area contributed by atoms with Crippen LogP contribution < -0.4 is 0 Å². The second kappa shape index (κ2) is 6.28. The number of aliphatic imine (C=N–C) groups is 1. The Kier molecular flexibility index (Phi) is 4.45. The van der Waals surface area contributed by atoms with E-state index in [9.17, 15) is 4.79 Å². The van der Waals surface area contributed by atoms with Crippen LogP contribution in [-0.4, -0.2) is 30.3 Å². The molecule has 0 saturated heterocycles. The lowest BCUT2D eigenvalue weighted by atomic mass is 10.1. The largest absolute Gasteiger partial charge is 0.467 e. The summed E-state index contributed by atoms with van der Waals surface area (Å²) in [6.45, 7) is 3.87. The molecule has 2 aromatic rings. The third-order valence-corrected chi connectivity index (χ3v) is 3.06. The molecular weight excluding hydrogens is 252 g/mol. The molecule has 0 fully saturated rings. The van der Waals surface area contributed by atoms with Crippen LogP contribution in [0.2, 0.25) is 0 Å². The number of nitrogens with zero attached hydrogens (tertiary/aromatic N) is 2. The van der Waals surface area contributed by atoms with Gasteiger partial charge in [-0.25, -0.2) is 9.78 Å². The van der Waals surface area contributed by atoms with Gasteiger partial charge in [-0.05, 0) is 18.1 Å². The number of carbonyl (C=O) groups is 1. The fourth-order valence-electron chi connectivity index (χ4n) is 1.94. The Balaban J connectivity index is 2.25. The molecule has 1 aromatic carbocycles. The van der Waals surface area contributed by atoms with Crippen LogP contribution in [0.4, 0.5) is 0 Å². The minimum atomic E-state index is -0.492. The molecule has 0 aliphatic carbocycles. The summed E-state index contributed by atoms with van der Waals surface area (Å²) < 4.78 is 4.76. The van der Waals surface area contributed by atoms with Gasteiger partial charge in [0.15, 0.2) is 0 Å². The third-order valence-electron chi connectivity index (χ3n) is 3.06. The minimum absolute atomic E-state index is 0.0826. The van der Waals surface area contributed by atoms with Gasteiger partial charge < -0.3 is 4.74 Å². The van der Waals surface area contributed by atoms with Gasteiger partial charge >= 0.3 is 5.97 Å². The van der Waals surface area contributed by atoms with Crippen LogP contribution in [0.5, 0.6) is 0 Å². The van der Waals surface area contributed by atoms with Crippen molar-refractivity contribution in [2.45, 2.75) is 19.9 Å². The van der Waals surface area contributed by atoms with Crippen molar-refractivity contribution in [3.8, 4) is 0 Å². The zero-order valence-electron chi connectivity index (χ0n) is 11.9. The Hall–Kier alpha value is -2.23. The number of ether oxygens (including phenoxy) is 1. The first-order valence-electron chi connectivity index (χ1n) is 6.58. The van der Waals surface area contributed by atoms with Crippen LogP contribution in [0.3, 0.4) is 0 Å². The molecule has 1 aromatic heterocycles. The van der Waals surface area contributed by atoms with Crippen molar-refractivity contribution in [1.82, 2.24) is 4.98 Å². The molecule has 1 heterocycles. The monoisotopic (exact) mass is 270 g/mol. The topological polar surface area (TPSA) is 51.5 Å². The van der Waals surface area contributed by atoms with E-state index in [4.69, 9.17) is 4.74 Å². The first-order valence-corrected chi connectivity index (χ1v) is 6.58. The molecule has 20 heavy (non-hydrogen) atoms. The molecular formula is C16H18N2O2. The van der Waals surface area contributed by atoms with Gasteiger partial charge in [-0.2, -0.15) is 0 Å². The van der Waals surface area contributed by atoms with Crippen molar-refractivity contribution < 1.29 is 9.53 Å². The molecule has 4 heteroatoms. The standard InChI is InChI=1S/C16H18N2O2/c1-11(2)15(16(19)20-3)17-10-13-9-8-12-6-4-5-7-14(12)18-13/h4-11,15H,1-3H3/t15-/m0/s1. The molecule has 4 nitrogen and oxygen atoms in total. The quantitative estimate of drug-likeness (QED) is 0.634. The van der Waals surface area contributed by atoms with Gasteiger partial charge in [0.05, 0.1) is 18.3 Å². The van der Waals surface area contributed by atoms with Crippen molar-refractivity contribution in [3.63, 3.8) is 0 Å². The number of pyridine rings is 1. The van der Waals surface area contributed by atoms with Gasteiger partial charge in [-0.15, -0.1) is 0 Å². The summed E-state index contributed by atoms with van der Waals surface area (Å²) in [6, 6.07) is 11.3. The van der Waals surface area contributed by atoms with E-state index >= 15 is 0 Å². The number of esters is 1. The lowest BCUT2D eigenvalue weighted by Crippen LogP contribution is -2.26. The lowest BCUT2D eigenvalue weighted by molar-refractivity contribution is -0.143. The predicted molar refractivity (Wildman–Crippen MR) is 80.0 cm³/mol. The van der Waals surface area contributed by atoms with Gasteiger partial charge in [-0.3, -0.25) is 4.99 Å². The fraction of sp³-hybridized carbons (Fsp3) is 0.312. The summed E-state index contributed by atoms with van der Waals surface area (Å²) in [5.41, 5.74) is 1.65. The van der Waals surface area contributed by atoms with Gasteiger partial charge in [0.25, 0.3) is 0 Å². The van der Waals surface area contributed by atoms with E-state index < -0.39 is 6.04 Å². The Labute approximate surface area is 118 Å². The molecule has 0 aliphatic heterocycles. The van der Waals surface area contributed by atoms with E-state index in [1.807, 2.05) is 50.2 Å². The number of methoxy groups -OCH3 is 1. The number of benzene rings is 1. The summed E-state index contributed by atoms with van der Waals surface area (Å²) in [6.07, 6.45) is 1.63. The van der Waals surface area contributed by atoms with E-state index in [-0.39, 0.29) is 11.9 Å². The summed E-state index contributed by atoms with van der Waals surface area (Å²) in [5, 5.41) is 1.08. The molecule has 104 valence electrons. The molecule has 0 unspecified atom stereocenters. The highest BCUT2D eigenvalue weighted by atomic mass is 16.5. The van der Waals surface area contributed by atoms with Crippen molar-refractivity contribution in [2.75, 3.05) is 7.11 Å². The molecule has 0 spiro atoms. The average molecular weight is 270 g/mol. The number of para-hydroxylation sites is 1. The normalized spacial score (nSPS) is 13.0. The van der Waals surface area contributed by atoms with E-state index in [1.165, 1.54) is 7.11 Å². The van der Waals surface area contributed by atoms with E-state index in [0.717, 1.165) is 16.6 Å². The first-order chi connectivity index (χ1) is 9.61. The lowest BCUT2D eigenvalue weighted by Gasteiger charge is -2.13. The first kappa shape index (κ1) is 14.2. The van der Waals surface area contributed by atoms with Crippen LogP contribution >= 0.6 is 0 Å². The number of carbonyl (C=O) groups excluding carboxylic acids is 1. The zero-order valence-corrected chi connectivity index (χ0v) is 11.9. The summed E-state index contributed by atoms with van der Waals surface area (Å²) in [4.78, 5) is 20.4. The molecule has 0 saturated carbocycles. The van der Waals surface area contributed by atoms with Gasteiger partial charge in [0.2, 0.25) is 0 Å².